The summed E-state index contributed by atoms with van der Waals surface area (Å²) < 4.78 is 0. The van der Waals surface area contributed by atoms with E-state index in [0.717, 1.165) is 18.3 Å². The summed E-state index contributed by atoms with van der Waals surface area (Å²) in [6, 6.07) is 4.22. The molecular formula is C13H18N4. The van der Waals surface area contributed by atoms with Gasteiger partial charge in [0, 0.05) is 18.8 Å². The molecule has 0 saturated carbocycles. The Kier molecular flexibility index (Phi) is 3.19. The standard InChI is InChI=1S/C13H18N4/c1-9-3-4-17(10(2)5-9)13-12(15)6-11(7-14)8-16-13/h6,8-10H,3-5,15H2,1-2H3. The van der Waals surface area contributed by atoms with Crippen LogP contribution in [-0.4, -0.2) is 17.6 Å². The van der Waals surface area contributed by atoms with Gasteiger partial charge in [0.25, 0.3) is 0 Å². The number of aromatic nitrogens is 1. The minimum Gasteiger partial charge on any atom is -0.396 e. The molecule has 1 aliphatic rings. The lowest BCUT2D eigenvalue weighted by atomic mass is 9.93. The highest BCUT2D eigenvalue weighted by atomic mass is 15.2. The van der Waals surface area contributed by atoms with Gasteiger partial charge in [-0.2, -0.15) is 5.26 Å². The topological polar surface area (TPSA) is 65.9 Å². The van der Waals surface area contributed by atoms with Crippen LogP contribution in [0.1, 0.15) is 32.3 Å². The van der Waals surface area contributed by atoms with Gasteiger partial charge in [-0.15, -0.1) is 0 Å². The van der Waals surface area contributed by atoms with E-state index in [-0.39, 0.29) is 0 Å². The number of anilines is 2. The predicted molar refractivity (Wildman–Crippen MR) is 68.6 cm³/mol. The fourth-order valence-electron chi connectivity index (χ4n) is 2.50. The molecule has 0 amide bonds. The highest BCUT2D eigenvalue weighted by Gasteiger charge is 2.25. The van der Waals surface area contributed by atoms with Crippen molar-refractivity contribution in [3.63, 3.8) is 0 Å². The third-order valence-electron chi connectivity index (χ3n) is 3.43. The van der Waals surface area contributed by atoms with Crippen LogP contribution in [0.15, 0.2) is 12.3 Å². The molecule has 2 rings (SSSR count). The molecule has 90 valence electrons. The van der Waals surface area contributed by atoms with E-state index in [9.17, 15) is 0 Å². The van der Waals surface area contributed by atoms with Crippen LogP contribution in [0.4, 0.5) is 11.5 Å². The highest BCUT2D eigenvalue weighted by Crippen LogP contribution is 2.30. The Bertz CT molecular complexity index is 449. The maximum atomic E-state index is 8.79. The van der Waals surface area contributed by atoms with Gasteiger partial charge in [-0.25, -0.2) is 4.98 Å². The van der Waals surface area contributed by atoms with Crippen molar-refractivity contribution >= 4 is 11.5 Å². The third kappa shape index (κ3) is 2.33. The molecule has 4 heteroatoms. The van der Waals surface area contributed by atoms with E-state index in [1.165, 1.54) is 12.8 Å². The summed E-state index contributed by atoms with van der Waals surface area (Å²) in [5.74, 6) is 1.59. The smallest absolute Gasteiger partial charge is 0.152 e. The Morgan fingerprint density at radius 2 is 2.29 bits per heavy atom. The zero-order valence-corrected chi connectivity index (χ0v) is 10.3. The second-order valence-electron chi connectivity index (χ2n) is 4.92. The first-order valence-corrected chi connectivity index (χ1v) is 6.04. The van der Waals surface area contributed by atoms with Crippen LogP contribution in [0.3, 0.4) is 0 Å². The van der Waals surface area contributed by atoms with E-state index < -0.39 is 0 Å². The van der Waals surface area contributed by atoms with E-state index in [4.69, 9.17) is 11.0 Å². The average Bonchev–Trinajstić information content (AvgIpc) is 2.30. The minimum absolute atomic E-state index is 0.460. The largest absolute Gasteiger partial charge is 0.396 e. The van der Waals surface area contributed by atoms with E-state index in [1.807, 2.05) is 0 Å². The van der Waals surface area contributed by atoms with Crippen molar-refractivity contribution in [1.29, 1.82) is 5.26 Å². The first kappa shape index (κ1) is 11.7. The molecule has 0 bridgehead atoms. The molecule has 0 aromatic carbocycles. The third-order valence-corrected chi connectivity index (χ3v) is 3.43. The van der Waals surface area contributed by atoms with Crippen LogP contribution >= 0.6 is 0 Å². The van der Waals surface area contributed by atoms with Gasteiger partial charge >= 0.3 is 0 Å². The van der Waals surface area contributed by atoms with Crippen LogP contribution in [0.25, 0.3) is 0 Å². The number of nitrogens with zero attached hydrogens (tertiary/aromatic N) is 3. The van der Waals surface area contributed by atoms with E-state index in [2.05, 4.69) is 29.8 Å². The number of hydrogen-bond acceptors (Lipinski definition) is 4. The zero-order chi connectivity index (χ0) is 12.4. The van der Waals surface area contributed by atoms with Crippen LogP contribution in [-0.2, 0) is 0 Å². The first-order chi connectivity index (χ1) is 8.11. The van der Waals surface area contributed by atoms with Crippen molar-refractivity contribution in [2.45, 2.75) is 32.7 Å². The van der Waals surface area contributed by atoms with Gasteiger partial charge in [0.15, 0.2) is 5.82 Å². The molecule has 2 unspecified atom stereocenters. The zero-order valence-electron chi connectivity index (χ0n) is 10.3. The normalized spacial score (nSPS) is 24.4. The molecule has 0 radical (unpaired) electrons. The summed E-state index contributed by atoms with van der Waals surface area (Å²) >= 11 is 0. The average molecular weight is 230 g/mol. The summed E-state index contributed by atoms with van der Waals surface area (Å²) in [6.45, 7) is 5.48. The Morgan fingerprint density at radius 1 is 1.53 bits per heavy atom. The number of nitrogen functional groups attached to an aromatic ring is 1. The number of nitrogens with two attached hydrogens (primary N) is 1. The van der Waals surface area contributed by atoms with Gasteiger partial charge in [0.2, 0.25) is 0 Å². The van der Waals surface area contributed by atoms with Crippen molar-refractivity contribution in [3.05, 3.63) is 17.8 Å². The fraction of sp³-hybridized carbons (Fsp3) is 0.538. The number of hydrogen-bond donors (Lipinski definition) is 1. The van der Waals surface area contributed by atoms with Gasteiger partial charge in [-0.3, -0.25) is 0 Å². The SMILES string of the molecule is CC1CCN(c2ncc(C#N)cc2N)C(C)C1. The second kappa shape index (κ2) is 4.62. The molecule has 17 heavy (non-hydrogen) atoms. The van der Waals surface area contributed by atoms with E-state index >= 15 is 0 Å². The van der Waals surface area contributed by atoms with Crippen molar-refractivity contribution in [1.82, 2.24) is 4.98 Å². The lowest BCUT2D eigenvalue weighted by molar-refractivity contribution is 0.376. The summed E-state index contributed by atoms with van der Waals surface area (Å²) in [6.07, 6.45) is 3.93. The van der Waals surface area contributed by atoms with Crippen molar-refractivity contribution in [2.75, 3.05) is 17.2 Å². The molecule has 1 fully saturated rings. The van der Waals surface area contributed by atoms with E-state index in [1.54, 1.807) is 12.3 Å². The maximum absolute atomic E-state index is 8.79. The van der Waals surface area contributed by atoms with Gasteiger partial charge in [0.1, 0.15) is 6.07 Å². The highest BCUT2D eigenvalue weighted by molar-refractivity contribution is 5.65. The Hall–Kier alpha value is -1.76. The first-order valence-electron chi connectivity index (χ1n) is 6.04. The molecule has 2 atom stereocenters. The number of rotatable bonds is 1. The molecule has 1 aromatic rings. The Labute approximate surface area is 102 Å². The summed E-state index contributed by atoms with van der Waals surface area (Å²) in [5.41, 5.74) is 7.09. The molecule has 0 spiro atoms. The van der Waals surface area contributed by atoms with Gasteiger partial charge in [-0.1, -0.05) is 6.92 Å². The van der Waals surface area contributed by atoms with Crippen LogP contribution in [0.5, 0.6) is 0 Å². The maximum Gasteiger partial charge on any atom is 0.152 e. The predicted octanol–water partition coefficient (Wildman–Crippen LogP) is 2.16. The van der Waals surface area contributed by atoms with Crippen LogP contribution in [0, 0.1) is 17.2 Å². The molecule has 1 saturated heterocycles. The number of nitriles is 1. The molecule has 2 heterocycles. The molecule has 0 aliphatic carbocycles. The summed E-state index contributed by atoms with van der Waals surface area (Å²) in [7, 11) is 0. The quantitative estimate of drug-likeness (QED) is 0.802. The van der Waals surface area contributed by atoms with Gasteiger partial charge in [-0.05, 0) is 31.7 Å². The van der Waals surface area contributed by atoms with Gasteiger partial charge in [0.05, 0.1) is 11.3 Å². The van der Waals surface area contributed by atoms with Crippen molar-refractivity contribution in [2.24, 2.45) is 5.92 Å². The molecule has 2 N–H and O–H groups in total. The minimum atomic E-state index is 0.460. The number of pyridine rings is 1. The Balaban J connectivity index is 2.25. The van der Waals surface area contributed by atoms with Crippen molar-refractivity contribution < 1.29 is 0 Å². The lowest BCUT2D eigenvalue weighted by Crippen LogP contribution is -2.41. The lowest BCUT2D eigenvalue weighted by Gasteiger charge is -2.37. The summed E-state index contributed by atoms with van der Waals surface area (Å²) in [4.78, 5) is 6.57. The Morgan fingerprint density at radius 3 is 2.88 bits per heavy atom. The molecule has 4 nitrogen and oxygen atoms in total. The van der Waals surface area contributed by atoms with Crippen molar-refractivity contribution in [3.8, 4) is 6.07 Å². The fourth-order valence-corrected chi connectivity index (χ4v) is 2.50. The molecule has 1 aliphatic heterocycles. The van der Waals surface area contributed by atoms with Gasteiger partial charge < -0.3 is 10.6 Å². The second-order valence-corrected chi connectivity index (χ2v) is 4.92. The summed E-state index contributed by atoms with van der Waals surface area (Å²) in [5, 5.41) is 8.79. The van der Waals surface area contributed by atoms with Crippen LogP contribution in [0.2, 0.25) is 0 Å². The molecule has 1 aromatic heterocycles. The molecular weight excluding hydrogens is 212 g/mol. The van der Waals surface area contributed by atoms with Crippen LogP contribution < -0.4 is 10.6 Å². The monoisotopic (exact) mass is 230 g/mol. The number of piperidine rings is 1. The van der Waals surface area contributed by atoms with E-state index in [0.29, 0.717) is 17.3 Å².